The Balaban J connectivity index is 1.09. The Bertz CT molecular complexity index is 2010. The first-order chi connectivity index (χ1) is 23.6. The zero-order valence-corrected chi connectivity index (χ0v) is 26.7. The molecule has 0 radical (unpaired) electrons. The van der Waals surface area contributed by atoms with Crippen LogP contribution in [-0.4, -0.2) is 66.1 Å². The second-order valence-electron chi connectivity index (χ2n) is 12.6. The predicted octanol–water partition coefficient (Wildman–Crippen LogP) is 5.62. The van der Waals surface area contributed by atoms with E-state index in [1.807, 2.05) is 85.9 Å². The molecule has 48 heavy (non-hydrogen) atoms. The lowest BCUT2D eigenvalue weighted by atomic mass is 9.71. The molecule has 12 nitrogen and oxygen atoms in total. The number of nitrogens with one attached hydrogen (secondary N) is 2. The summed E-state index contributed by atoms with van der Waals surface area (Å²) in [6.45, 7) is 3.46. The fourth-order valence-corrected chi connectivity index (χ4v) is 6.77. The molecule has 0 amide bonds. The molecule has 0 spiro atoms. The number of aliphatic hydroxyl groups excluding tert-OH is 1. The van der Waals surface area contributed by atoms with E-state index in [2.05, 4.69) is 30.8 Å². The number of nitrogens with zero attached hydrogens (tertiary/aromatic N) is 7. The summed E-state index contributed by atoms with van der Waals surface area (Å²) in [6, 6.07) is 25.3. The summed E-state index contributed by atoms with van der Waals surface area (Å²) in [4.78, 5) is 16.9. The number of rotatable bonds is 11. The molecular formula is C36H37N9O3. The molecule has 0 aliphatic carbocycles. The van der Waals surface area contributed by atoms with E-state index in [9.17, 15) is 5.11 Å². The third-order valence-electron chi connectivity index (χ3n) is 9.63. The monoisotopic (exact) mass is 643 g/mol. The van der Waals surface area contributed by atoms with Crippen molar-refractivity contribution in [2.24, 2.45) is 7.05 Å². The maximum absolute atomic E-state index is 10.4. The highest BCUT2D eigenvalue weighted by molar-refractivity contribution is 5.88. The molecule has 6 heterocycles. The van der Waals surface area contributed by atoms with Gasteiger partial charge >= 0.3 is 0 Å². The van der Waals surface area contributed by atoms with E-state index in [1.54, 1.807) is 10.9 Å². The number of piperidine rings is 3. The van der Waals surface area contributed by atoms with E-state index in [1.165, 1.54) is 0 Å². The Kier molecular flexibility index (Phi) is 7.95. The Labute approximate surface area is 277 Å². The van der Waals surface area contributed by atoms with E-state index < -0.39 is 6.04 Å². The van der Waals surface area contributed by atoms with Crippen molar-refractivity contribution in [2.45, 2.75) is 37.3 Å². The Morgan fingerprint density at radius 3 is 2.46 bits per heavy atom. The summed E-state index contributed by atoms with van der Waals surface area (Å²) >= 11 is 0. The number of benzene rings is 3. The van der Waals surface area contributed by atoms with E-state index in [0.717, 1.165) is 72.4 Å². The fourth-order valence-electron chi connectivity index (χ4n) is 6.77. The van der Waals surface area contributed by atoms with Gasteiger partial charge in [0.15, 0.2) is 5.82 Å². The number of fused-ring (bicyclic) bond motifs is 4. The van der Waals surface area contributed by atoms with Gasteiger partial charge in [0.25, 0.3) is 5.89 Å². The molecule has 0 saturated carbocycles. The molecule has 3 aromatic heterocycles. The van der Waals surface area contributed by atoms with Crippen LogP contribution in [0.2, 0.25) is 0 Å². The molecule has 3 aliphatic rings. The van der Waals surface area contributed by atoms with E-state index in [4.69, 9.17) is 19.2 Å². The van der Waals surface area contributed by atoms with Crippen molar-refractivity contribution in [3.63, 3.8) is 0 Å². The zero-order chi connectivity index (χ0) is 32.5. The molecule has 3 aromatic carbocycles. The summed E-state index contributed by atoms with van der Waals surface area (Å²) in [5, 5.41) is 27.1. The van der Waals surface area contributed by atoms with Crippen molar-refractivity contribution in [1.82, 2.24) is 34.8 Å². The van der Waals surface area contributed by atoms with Crippen molar-refractivity contribution < 1.29 is 14.4 Å². The van der Waals surface area contributed by atoms with Gasteiger partial charge in [-0.05, 0) is 68.2 Å². The largest absolute Gasteiger partial charge is 0.471 e. The SMILES string of the molecule is Cn1nc(OCc2ccccc2)c2ccc(Nc3ncc(-c4nc(C56CCN(CC5)CC6)no4)c(N[C@H](CO)c4ccccc4)n3)cc21. The highest BCUT2D eigenvalue weighted by Gasteiger charge is 2.44. The number of aliphatic hydroxyl groups is 1. The summed E-state index contributed by atoms with van der Waals surface area (Å²) in [5.74, 6) is 2.52. The lowest BCUT2D eigenvalue weighted by Crippen LogP contribution is -2.51. The molecule has 3 aliphatic heterocycles. The Morgan fingerprint density at radius 1 is 0.958 bits per heavy atom. The van der Waals surface area contributed by atoms with Gasteiger partial charge in [-0.3, -0.25) is 4.68 Å². The average molecular weight is 644 g/mol. The number of aromatic nitrogens is 6. The molecule has 0 unspecified atom stereocenters. The lowest BCUT2D eigenvalue weighted by Gasteiger charge is -2.46. The molecule has 3 saturated heterocycles. The van der Waals surface area contributed by atoms with Gasteiger partial charge in [-0.15, -0.1) is 5.10 Å². The first-order valence-electron chi connectivity index (χ1n) is 16.3. The minimum absolute atomic E-state index is 0.0546. The lowest BCUT2D eigenvalue weighted by molar-refractivity contribution is 0.0747. The quantitative estimate of drug-likeness (QED) is 0.162. The van der Waals surface area contributed by atoms with E-state index in [0.29, 0.717) is 35.7 Å². The first kappa shape index (κ1) is 30.0. The number of hydrogen-bond donors (Lipinski definition) is 3. The van der Waals surface area contributed by atoms with Crippen LogP contribution in [0.15, 0.2) is 89.6 Å². The molecule has 9 rings (SSSR count). The average Bonchev–Trinajstić information content (AvgIpc) is 3.77. The van der Waals surface area contributed by atoms with Crippen LogP contribution < -0.4 is 15.4 Å². The highest BCUT2D eigenvalue weighted by Crippen LogP contribution is 2.42. The van der Waals surface area contributed by atoms with Gasteiger partial charge in [-0.2, -0.15) is 9.97 Å². The van der Waals surface area contributed by atoms with Gasteiger partial charge in [0.1, 0.15) is 18.0 Å². The van der Waals surface area contributed by atoms with Gasteiger partial charge in [-0.25, -0.2) is 4.98 Å². The van der Waals surface area contributed by atoms with Gasteiger partial charge in [-0.1, -0.05) is 65.8 Å². The van der Waals surface area contributed by atoms with Gasteiger partial charge < -0.3 is 29.9 Å². The maximum Gasteiger partial charge on any atom is 0.263 e. The number of hydrogen-bond acceptors (Lipinski definition) is 11. The number of anilines is 3. The molecule has 3 fully saturated rings. The Morgan fingerprint density at radius 2 is 1.71 bits per heavy atom. The topological polar surface area (TPSA) is 139 Å². The number of ether oxygens (including phenoxy) is 1. The second-order valence-corrected chi connectivity index (χ2v) is 12.6. The third kappa shape index (κ3) is 5.84. The Hall–Kier alpha value is -5.33. The van der Waals surface area contributed by atoms with E-state index >= 15 is 0 Å². The van der Waals surface area contributed by atoms with Crippen LogP contribution >= 0.6 is 0 Å². The van der Waals surface area contributed by atoms with E-state index in [-0.39, 0.29) is 12.0 Å². The van der Waals surface area contributed by atoms with Crippen LogP contribution in [0, 0.1) is 0 Å². The second kappa shape index (κ2) is 12.7. The minimum Gasteiger partial charge on any atom is -0.471 e. The van der Waals surface area contributed by atoms with Gasteiger partial charge in [0, 0.05) is 24.3 Å². The molecule has 2 bridgehead atoms. The smallest absolute Gasteiger partial charge is 0.263 e. The summed E-state index contributed by atoms with van der Waals surface area (Å²) in [5.41, 5.74) is 4.19. The van der Waals surface area contributed by atoms with Crippen molar-refractivity contribution in [3.05, 3.63) is 102 Å². The third-order valence-corrected chi connectivity index (χ3v) is 9.63. The van der Waals surface area contributed by atoms with Gasteiger partial charge in [0.2, 0.25) is 11.8 Å². The van der Waals surface area contributed by atoms with Crippen LogP contribution in [-0.2, 0) is 19.1 Å². The van der Waals surface area contributed by atoms with Crippen molar-refractivity contribution >= 4 is 28.4 Å². The zero-order valence-electron chi connectivity index (χ0n) is 26.7. The number of aryl methyl sites for hydroxylation is 1. The fraction of sp³-hybridized carbons (Fsp3) is 0.306. The van der Waals surface area contributed by atoms with Crippen molar-refractivity contribution in [3.8, 4) is 17.3 Å². The van der Waals surface area contributed by atoms with Crippen molar-refractivity contribution in [2.75, 3.05) is 36.9 Å². The molecule has 1 atom stereocenters. The highest BCUT2D eigenvalue weighted by atomic mass is 16.5. The minimum atomic E-state index is -0.420. The van der Waals surface area contributed by atoms with Crippen LogP contribution in [0.4, 0.5) is 17.5 Å². The molecular weight excluding hydrogens is 606 g/mol. The molecule has 6 aromatic rings. The van der Waals surface area contributed by atoms with Crippen molar-refractivity contribution in [1.29, 1.82) is 0 Å². The summed E-state index contributed by atoms with van der Waals surface area (Å²) in [7, 11) is 1.89. The maximum atomic E-state index is 10.4. The molecule has 12 heteroatoms. The van der Waals surface area contributed by atoms with Gasteiger partial charge in [0.05, 0.1) is 23.6 Å². The summed E-state index contributed by atoms with van der Waals surface area (Å²) < 4.78 is 13.7. The molecule has 3 N–H and O–H groups in total. The van der Waals surface area contributed by atoms with Crippen LogP contribution in [0.3, 0.4) is 0 Å². The predicted molar refractivity (Wildman–Crippen MR) is 182 cm³/mol. The normalized spacial score (nSPS) is 19.3. The van der Waals surface area contributed by atoms with Crippen LogP contribution in [0.1, 0.15) is 42.3 Å². The van der Waals surface area contributed by atoms with Crippen LogP contribution in [0.5, 0.6) is 5.88 Å². The van der Waals surface area contributed by atoms with Crippen LogP contribution in [0.25, 0.3) is 22.4 Å². The standard InChI is InChI=1S/C36H37N9O3/c1-44-30-20-26(12-13-27(30)33(42-44)47-23-24-8-4-2-5-9-24)38-35-37-21-28(31(40-35)39-29(22-46)25-10-6-3-7-11-25)32-41-34(43-48-32)36-14-17-45(18-15-36)19-16-36/h2-13,20-21,29,46H,14-19,22-23H2,1H3,(H2,37,38,39,40)/t29-/m1/s1. The summed E-state index contributed by atoms with van der Waals surface area (Å²) in [6.07, 6.45) is 4.77. The first-order valence-corrected chi connectivity index (χ1v) is 16.3. The molecule has 244 valence electrons.